The molecule has 0 bridgehead atoms. The minimum absolute atomic E-state index is 0.138. The van der Waals surface area contributed by atoms with E-state index >= 15 is 0 Å². The Bertz CT molecular complexity index is 784. The predicted molar refractivity (Wildman–Crippen MR) is 104 cm³/mol. The van der Waals surface area contributed by atoms with Crippen LogP contribution in [0.3, 0.4) is 0 Å². The molecule has 26 heavy (non-hydrogen) atoms. The lowest BCUT2D eigenvalue weighted by atomic mass is 9.99. The number of hydrogen-bond acceptors (Lipinski definition) is 6. The number of nitrogens with one attached hydrogen (secondary N) is 3. The van der Waals surface area contributed by atoms with Crippen LogP contribution in [-0.2, 0) is 0 Å². The number of anilines is 3. The maximum Gasteiger partial charge on any atom is 0.153 e. The van der Waals surface area contributed by atoms with Gasteiger partial charge in [0, 0.05) is 17.8 Å². The molecule has 140 valence electrons. The highest BCUT2D eigenvalue weighted by molar-refractivity contribution is 5.63. The quantitative estimate of drug-likeness (QED) is 0.573. The lowest BCUT2D eigenvalue weighted by Gasteiger charge is -2.20. The highest BCUT2D eigenvalue weighted by atomic mass is 16.3. The second kappa shape index (κ2) is 8.19. The SMILES string of the molecule is Cc1cc(Nc2cc(C)c(C#N)c(NC(C)CCCC(C)(C)O)n2)n[nH]1. The van der Waals surface area contributed by atoms with Crippen molar-refractivity contribution in [3.8, 4) is 6.07 Å². The van der Waals surface area contributed by atoms with Crippen LogP contribution in [0.15, 0.2) is 12.1 Å². The third-order valence-electron chi connectivity index (χ3n) is 4.10. The highest BCUT2D eigenvalue weighted by Gasteiger charge is 2.15. The van der Waals surface area contributed by atoms with Gasteiger partial charge in [-0.2, -0.15) is 10.4 Å². The first kappa shape index (κ1) is 19.7. The monoisotopic (exact) mass is 356 g/mol. The second-order valence-corrected chi connectivity index (χ2v) is 7.47. The fourth-order valence-corrected chi connectivity index (χ4v) is 2.74. The van der Waals surface area contributed by atoms with Gasteiger partial charge in [0.1, 0.15) is 17.7 Å². The van der Waals surface area contributed by atoms with Crippen LogP contribution in [0.2, 0.25) is 0 Å². The molecule has 7 heteroatoms. The molecule has 2 aromatic rings. The van der Waals surface area contributed by atoms with Crippen LogP contribution in [0.1, 0.15) is 56.9 Å². The topological polar surface area (TPSA) is 110 Å². The predicted octanol–water partition coefficient (Wildman–Crippen LogP) is 3.78. The normalized spacial score (nSPS) is 12.5. The number of aromatic nitrogens is 3. The Morgan fingerprint density at radius 1 is 1.31 bits per heavy atom. The van der Waals surface area contributed by atoms with Crippen molar-refractivity contribution in [1.82, 2.24) is 15.2 Å². The molecule has 0 aliphatic rings. The van der Waals surface area contributed by atoms with E-state index in [0.717, 1.165) is 30.5 Å². The van der Waals surface area contributed by atoms with Crippen LogP contribution < -0.4 is 10.6 Å². The molecular weight excluding hydrogens is 328 g/mol. The molecule has 1 unspecified atom stereocenters. The van der Waals surface area contributed by atoms with E-state index in [1.165, 1.54) is 0 Å². The van der Waals surface area contributed by atoms with Crippen LogP contribution in [0.5, 0.6) is 0 Å². The highest BCUT2D eigenvalue weighted by Crippen LogP contribution is 2.24. The summed E-state index contributed by atoms with van der Waals surface area (Å²) in [5.41, 5.74) is 1.70. The van der Waals surface area contributed by atoms with E-state index in [-0.39, 0.29) is 6.04 Å². The Morgan fingerprint density at radius 3 is 2.62 bits per heavy atom. The number of aliphatic hydroxyl groups is 1. The van der Waals surface area contributed by atoms with Gasteiger partial charge in [-0.1, -0.05) is 0 Å². The fraction of sp³-hybridized carbons (Fsp3) is 0.526. The van der Waals surface area contributed by atoms with Crippen molar-refractivity contribution in [2.24, 2.45) is 0 Å². The zero-order valence-electron chi connectivity index (χ0n) is 16.1. The molecular formula is C19H28N6O. The molecule has 0 amide bonds. The van der Waals surface area contributed by atoms with Gasteiger partial charge in [-0.05, 0) is 65.5 Å². The van der Waals surface area contributed by atoms with Gasteiger partial charge in [0.2, 0.25) is 0 Å². The van der Waals surface area contributed by atoms with Crippen molar-refractivity contribution in [2.75, 3.05) is 10.6 Å². The zero-order chi connectivity index (χ0) is 19.3. The standard InChI is InChI=1S/C19H28N6O/c1-12-9-16(22-17-10-14(3)24-25-17)23-18(15(12)11-20)21-13(2)7-6-8-19(4,5)26/h9-10,13,26H,6-8H2,1-5H3,(H3,21,22,23,24,25). The molecule has 0 radical (unpaired) electrons. The molecule has 7 nitrogen and oxygen atoms in total. The molecule has 4 N–H and O–H groups in total. The van der Waals surface area contributed by atoms with Crippen LogP contribution in [0.25, 0.3) is 0 Å². The number of pyridine rings is 1. The number of hydrogen-bond donors (Lipinski definition) is 4. The van der Waals surface area contributed by atoms with E-state index in [2.05, 4.69) is 38.8 Å². The molecule has 0 spiro atoms. The smallest absolute Gasteiger partial charge is 0.153 e. The Kier molecular flexibility index (Phi) is 6.22. The molecule has 0 saturated heterocycles. The Morgan fingerprint density at radius 2 is 2.04 bits per heavy atom. The largest absolute Gasteiger partial charge is 0.390 e. The number of rotatable bonds is 8. The van der Waals surface area contributed by atoms with Crippen molar-refractivity contribution in [3.63, 3.8) is 0 Å². The first-order valence-electron chi connectivity index (χ1n) is 8.87. The molecule has 0 aliphatic carbocycles. The second-order valence-electron chi connectivity index (χ2n) is 7.47. The summed E-state index contributed by atoms with van der Waals surface area (Å²) in [6.45, 7) is 9.51. The van der Waals surface area contributed by atoms with Gasteiger partial charge in [-0.25, -0.2) is 4.98 Å². The van der Waals surface area contributed by atoms with Crippen LogP contribution in [0, 0.1) is 25.2 Å². The van der Waals surface area contributed by atoms with Gasteiger partial charge in [0.25, 0.3) is 0 Å². The average molecular weight is 356 g/mol. The van der Waals surface area contributed by atoms with E-state index in [0.29, 0.717) is 23.0 Å². The number of nitrogens with zero attached hydrogens (tertiary/aromatic N) is 3. The van der Waals surface area contributed by atoms with Gasteiger partial charge >= 0.3 is 0 Å². The maximum atomic E-state index is 9.82. The first-order valence-corrected chi connectivity index (χ1v) is 8.87. The third-order valence-corrected chi connectivity index (χ3v) is 4.10. The molecule has 2 rings (SSSR count). The minimum Gasteiger partial charge on any atom is -0.390 e. The summed E-state index contributed by atoms with van der Waals surface area (Å²) >= 11 is 0. The summed E-state index contributed by atoms with van der Waals surface area (Å²) in [5.74, 6) is 1.89. The van der Waals surface area contributed by atoms with Crippen molar-refractivity contribution < 1.29 is 5.11 Å². The van der Waals surface area contributed by atoms with Gasteiger partial charge < -0.3 is 15.7 Å². The first-order chi connectivity index (χ1) is 12.2. The summed E-state index contributed by atoms with van der Waals surface area (Å²) in [6.07, 6.45) is 2.51. The van der Waals surface area contributed by atoms with E-state index in [4.69, 9.17) is 0 Å². The molecule has 0 aliphatic heterocycles. The number of nitriles is 1. The molecule has 0 aromatic carbocycles. The zero-order valence-corrected chi connectivity index (χ0v) is 16.1. The van der Waals surface area contributed by atoms with Crippen LogP contribution >= 0.6 is 0 Å². The van der Waals surface area contributed by atoms with E-state index in [9.17, 15) is 10.4 Å². The van der Waals surface area contributed by atoms with E-state index in [1.807, 2.05) is 39.8 Å². The fourth-order valence-electron chi connectivity index (χ4n) is 2.74. The molecule has 1 atom stereocenters. The van der Waals surface area contributed by atoms with Gasteiger partial charge in [-0.15, -0.1) is 0 Å². The maximum absolute atomic E-state index is 9.82. The number of H-pyrrole nitrogens is 1. The van der Waals surface area contributed by atoms with Gasteiger partial charge in [0.15, 0.2) is 5.82 Å². The summed E-state index contributed by atoms with van der Waals surface area (Å²) < 4.78 is 0. The lowest BCUT2D eigenvalue weighted by molar-refractivity contribution is 0.0680. The molecule has 0 fully saturated rings. The molecule has 0 saturated carbocycles. The summed E-state index contributed by atoms with van der Waals surface area (Å²) in [4.78, 5) is 4.56. The average Bonchev–Trinajstić information content (AvgIpc) is 2.90. The minimum atomic E-state index is -0.655. The summed E-state index contributed by atoms with van der Waals surface area (Å²) in [6, 6.07) is 6.10. The van der Waals surface area contributed by atoms with Crippen molar-refractivity contribution in [3.05, 3.63) is 29.0 Å². The van der Waals surface area contributed by atoms with Crippen molar-refractivity contribution in [2.45, 2.75) is 65.5 Å². The van der Waals surface area contributed by atoms with E-state index < -0.39 is 5.60 Å². The lowest BCUT2D eigenvalue weighted by Crippen LogP contribution is -2.21. The molecule has 2 heterocycles. The molecule has 2 aromatic heterocycles. The van der Waals surface area contributed by atoms with Crippen LogP contribution in [-0.4, -0.2) is 31.9 Å². The summed E-state index contributed by atoms with van der Waals surface area (Å²) in [5, 5.41) is 32.8. The van der Waals surface area contributed by atoms with E-state index in [1.54, 1.807) is 0 Å². The summed E-state index contributed by atoms with van der Waals surface area (Å²) in [7, 11) is 0. The Balaban J connectivity index is 2.11. The number of aryl methyl sites for hydroxylation is 2. The number of aromatic amines is 1. The van der Waals surface area contributed by atoms with Crippen LogP contribution in [0.4, 0.5) is 17.5 Å². The Hall–Kier alpha value is -2.59. The third kappa shape index (κ3) is 5.74. The van der Waals surface area contributed by atoms with Gasteiger partial charge in [-0.3, -0.25) is 5.10 Å². The Labute approximate surface area is 154 Å². The van der Waals surface area contributed by atoms with Crippen molar-refractivity contribution >= 4 is 17.5 Å². The van der Waals surface area contributed by atoms with Crippen molar-refractivity contribution in [1.29, 1.82) is 5.26 Å². The van der Waals surface area contributed by atoms with Gasteiger partial charge in [0.05, 0.1) is 11.2 Å².